The minimum atomic E-state index is -0.917. The summed E-state index contributed by atoms with van der Waals surface area (Å²) in [5.41, 5.74) is 3.13. The van der Waals surface area contributed by atoms with E-state index < -0.39 is 5.97 Å². The van der Waals surface area contributed by atoms with Gasteiger partial charge in [-0.1, -0.05) is 12.1 Å². The normalized spacial score (nSPS) is 10.7. The average Bonchev–Trinajstić information content (AvgIpc) is 3.09. The Labute approximate surface area is 129 Å². The quantitative estimate of drug-likeness (QED) is 0.794. The minimum Gasteiger partial charge on any atom is -0.478 e. The van der Waals surface area contributed by atoms with Crippen LogP contribution in [0.4, 0.5) is 0 Å². The largest absolute Gasteiger partial charge is 0.478 e. The number of aromatic carboxylic acids is 1. The van der Waals surface area contributed by atoms with Gasteiger partial charge in [0.1, 0.15) is 5.01 Å². The van der Waals surface area contributed by atoms with Crippen LogP contribution in [0.25, 0.3) is 11.3 Å². The number of thiazole rings is 2. The number of carboxylic acid groups (broad SMARTS) is 1. The highest BCUT2D eigenvalue weighted by molar-refractivity contribution is 7.11. The van der Waals surface area contributed by atoms with Gasteiger partial charge >= 0.3 is 5.97 Å². The first kappa shape index (κ1) is 13.9. The van der Waals surface area contributed by atoms with Gasteiger partial charge in [-0.05, 0) is 19.1 Å². The van der Waals surface area contributed by atoms with E-state index in [4.69, 9.17) is 5.11 Å². The van der Waals surface area contributed by atoms with Crippen molar-refractivity contribution in [1.82, 2.24) is 9.97 Å². The van der Waals surface area contributed by atoms with E-state index >= 15 is 0 Å². The molecule has 0 amide bonds. The summed E-state index contributed by atoms with van der Waals surface area (Å²) in [5.74, 6) is -0.917. The maximum atomic E-state index is 10.8. The van der Waals surface area contributed by atoms with Gasteiger partial charge in [0.2, 0.25) is 0 Å². The Balaban J connectivity index is 1.79. The van der Waals surface area contributed by atoms with Crippen molar-refractivity contribution in [1.29, 1.82) is 0 Å². The third-order valence-electron chi connectivity index (χ3n) is 2.95. The predicted octanol–water partition coefficient (Wildman–Crippen LogP) is 3.86. The van der Waals surface area contributed by atoms with Crippen LogP contribution < -0.4 is 0 Å². The molecule has 1 aromatic carbocycles. The Hall–Kier alpha value is -2.05. The Morgan fingerprint density at radius 1 is 1.10 bits per heavy atom. The first-order chi connectivity index (χ1) is 10.1. The fourth-order valence-corrected chi connectivity index (χ4v) is 3.60. The van der Waals surface area contributed by atoms with Crippen LogP contribution in [0.2, 0.25) is 0 Å². The van der Waals surface area contributed by atoms with Crippen LogP contribution in [0.3, 0.4) is 0 Å². The summed E-state index contributed by atoms with van der Waals surface area (Å²) in [6.45, 7) is 1.98. The first-order valence-electron chi connectivity index (χ1n) is 6.31. The van der Waals surface area contributed by atoms with Crippen LogP contribution in [0, 0.1) is 6.92 Å². The third-order valence-corrected chi connectivity index (χ3v) is 4.76. The number of aromatic nitrogens is 2. The highest BCUT2D eigenvalue weighted by Gasteiger charge is 2.08. The SMILES string of the molecule is Cc1csc(Cc2nc(-c3ccc(C(=O)O)cc3)cs2)n1. The highest BCUT2D eigenvalue weighted by atomic mass is 32.1. The second-order valence-corrected chi connectivity index (χ2v) is 6.45. The summed E-state index contributed by atoms with van der Waals surface area (Å²) < 4.78 is 0. The Kier molecular flexibility index (Phi) is 3.81. The molecule has 0 bridgehead atoms. The maximum Gasteiger partial charge on any atom is 0.335 e. The van der Waals surface area contributed by atoms with Crippen molar-refractivity contribution in [3.05, 3.63) is 56.3 Å². The number of hydrogen-bond donors (Lipinski definition) is 1. The average molecular weight is 316 g/mol. The molecule has 0 aliphatic heterocycles. The van der Waals surface area contributed by atoms with Crippen LogP contribution in [0.15, 0.2) is 35.0 Å². The monoisotopic (exact) mass is 316 g/mol. The van der Waals surface area contributed by atoms with E-state index in [1.807, 2.05) is 17.7 Å². The molecule has 0 aliphatic carbocycles. The molecule has 0 saturated carbocycles. The molecule has 2 aromatic heterocycles. The van der Waals surface area contributed by atoms with E-state index in [2.05, 4.69) is 9.97 Å². The van der Waals surface area contributed by atoms with Gasteiger partial charge in [0.05, 0.1) is 22.7 Å². The summed E-state index contributed by atoms with van der Waals surface area (Å²) in [6.07, 6.45) is 0.746. The van der Waals surface area contributed by atoms with Crippen molar-refractivity contribution in [2.75, 3.05) is 0 Å². The second kappa shape index (κ2) is 5.75. The van der Waals surface area contributed by atoms with Crippen molar-refractivity contribution < 1.29 is 9.90 Å². The van der Waals surface area contributed by atoms with Crippen molar-refractivity contribution in [3.63, 3.8) is 0 Å². The molecule has 106 valence electrons. The van der Waals surface area contributed by atoms with Crippen molar-refractivity contribution >= 4 is 28.6 Å². The number of carboxylic acids is 1. The van der Waals surface area contributed by atoms with Crippen molar-refractivity contribution in [2.45, 2.75) is 13.3 Å². The fourth-order valence-electron chi connectivity index (χ4n) is 1.92. The van der Waals surface area contributed by atoms with Gasteiger partial charge in [-0.25, -0.2) is 14.8 Å². The third kappa shape index (κ3) is 3.17. The van der Waals surface area contributed by atoms with Gasteiger partial charge in [0.15, 0.2) is 0 Å². The van der Waals surface area contributed by atoms with Gasteiger partial charge in [0, 0.05) is 22.0 Å². The molecule has 0 fully saturated rings. The van der Waals surface area contributed by atoms with Crippen LogP contribution in [-0.4, -0.2) is 21.0 Å². The predicted molar refractivity (Wildman–Crippen MR) is 84.2 cm³/mol. The first-order valence-corrected chi connectivity index (χ1v) is 8.07. The molecule has 0 radical (unpaired) electrons. The second-order valence-electron chi connectivity index (χ2n) is 4.57. The van der Waals surface area contributed by atoms with Crippen LogP contribution in [0.1, 0.15) is 26.1 Å². The van der Waals surface area contributed by atoms with Gasteiger partial charge < -0.3 is 5.11 Å². The van der Waals surface area contributed by atoms with Crippen LogP contribution in [-0.2, 0) is 6.42 Å². The van der Waals surface area contributed by atoms with E-state index in [9.17, 15) is 4.79 Å². The zero-order valence-corrected chi connectivity index (χ0v) is 12.9. The summed E-state index contributed by atoms with van der Waals surface area (Å²) in [4.78, 5) is 19.9. The summed E-state index contributed by atoms with van der Waals surface area (Å²) in [7, 11) is 0. The topological polar surface area (TPSA) is 63.1 Å². The highest BCUT2D eigenvalue weighted by Crippen LogP contribution is 2.24. The summed E-state index contributed by atoms with van der Waals surface area (Å²) in [5, 5.41) is 15.0. The lowest BCUT2D eigenvalue weighted by molar-refractivity contribution is 0.0697. The molecule has 0 unspecified atom stereocenters. The fraction of sp³-hybridized carbons (Fsp3) is 0.133. The number of hydrogen-bond acceptors (Lipinski definition) is 5. The van der Waals surface area contributed by atoms with E-state index in [0.717, 1.165) is 33.4 Å². The van der Waals surface area contributed by atoms with Crippen LogP contribution >= 0.6 is 22.7 Å². The lowest BCUT2D eigenvalue weighted by Crippen LogP contribution is -1.95. The lowest BCUT2D eigenvalue weighted by Gasteiger charge is -1.98. The molecule has 2 heterocycles. The molecule has 1 N–H and O–H groups in total. The lowest BCUT2D eigenvalue weighted by atomic mass is 10.1. The molecule has 4 nitrogen and oxygen atoms in total. The maximum absolute atomic E-state index is 10.8. The van der Waals surface area contributed by atoms with Crippen LogP contribution in [0.5, 0.6) is 0 Å². The van der Waals surface area contributed by atoms with Crippen molar-refractivity contribution in [2.24, 2.45) is 0 Å². The smallest absolute Gasteiger partial charge is 0.335 e. The molecule has 6 heteroatoms. The van der Waals surface area contributed by atoms with E-state index in [1.54, 1.807) is 46.9 Å². The van der Waals surface area contributed by atoms with Gasteiger partial charge in [-0.15, -0.1) is 22.7 Å². The molecule has 3 rings (SSSR count). The minimum absolute atomic E-state index is 0.285. The van der Waals surface area contributed by atoms with Crippen molar-refractivity contribution in [3.8, 4) is 11.3 Å². The molecule has 0 spiro atoms. The zero-order chi connectivity index (χ0) is 14.8. The number of aryl methyl sites for hydroxylation is 1. The standard InChI is InChI=1S/C15H12N2O2S2/c1-9-7-20-13(16-9)6-14-17-12(8-21-14)10-2-4-11(5-3-10)15(18)19/h2-5,7-8H,6H2,1H3,(H,18,19). The number of nitrogens with zero attached hydrogens (tertiary/aromatic N) is 2. The Bertz CT molecular complexity index is 775. The molecule has 21 heavy (non-hydrogen) atoms. The molecule has 0 aliphatic rings. The Morgan fingerprint density at radius 2 is 1.76 bits per heavy atom. The summed E-state index contributed by atoms with van der Waals surface area (Å²) in [6, 6.07) is 6.77. The molecular weight excluding hydrogens is 304 g/mol. The van der Waals surface area contributed by atoms with Gasteiger partial charge in [-0.3, -0.25) is 0 Å². The van der Waals surface area contributed by atoms with Gasteiger partial charge in [-0.2, -0.15) is 0 Å². The van der Waals surface area contributed by atoms with E-state index in [1.165, 1.54) is 0 Å². The zero-order valence-electron chi connectivity index (χ0n) is 11.2. The number of rotatable bonds is 4. The number of carbonyl (C=O) groups is 1. The van der Waals surface area contributed by atoms with Gasteiger partial charge in [0.25, 0.3) is 0 Å². The molecular formula is C15H12N2O2S2. The summed E-state index contributed by atoms with van der Waals surface area (Å²) >= 11 is 3.24. The Morgan fingerprint density at radius 3 is 2.38 bits per heavy atom. The van der Waals surface area contributed by atoms with E-state index in [0.29, 0.717) is 0 Å². The molecule has 3 aromatic rings. The molecule has 0 saturated heterocycles. The number of benzene rings is 1. The van der Waals surface area contributed by atoms with E-state index in [-0.39, 0.29) is 5.56 Å². The molecule has 0 atom stereocenters.